The SMILES string of the molecule is Brc1cccc2sc(CNC3CCCC3)cc12. The molecule has 1 N–H and O–H groups in total. The van der Waals surface area contributed by atoms with E-state index in [1.54, 1.807) is 0 Å². The van der Waals surface area contributed by atoms with Crippen LogP contribution in [-0.4, -0.2) is 6.04 Å². The van der Waals surface area contributed by atoms with Crippen molar-refractivity contribution in [2.24, 2.45) is 0 Å². The molecule has 0 bridgehead atoms. The third-order valence-electron chi connectivity index (χ3n) is 3.48. The minimum absolute atomic E-state index is 0.753. The number of benzene rings is 1. The minimum Gasteiger partial charge on any atom is -0.309 e. The predicted octanol–water partition coefficient (Wildman–Crippen LogP) is 4.70. The number of hydrogen-bond acceptors (Lipinski definition) is 2. The fraction of sp³-hybridized carbons (Fsp3) is 0.429. The van der Waals surface area contributed by atoms with Crippen molar-refractivity contribution < 1.29 is 0 Å². The summed E-state index contributed by atoms with van der Waals surface area (Å²) < 4.78 is 2.58. The standard InChI is InChI=1S/C14H16BrNS/c15-13-6-3-7-14-12(13)8-11(17-14)9-16-10-4-1-2-5-10/h3,6-8,10,16H,1-2,4-5,9H2. The maximum absolute atomic E-state index is 3.67. The summed E-state index contributed by atoms with van der Waals surface area (Å²) in [5.74, 6) is 0. The molecule has 0 saturated heterocycles. The highest BCUT2D eigenvalue weighted by Gasteiger charge is 2.14. The number of hydrogen-bond donors (Lipinski definition) is 1. The lowest BCUT2D eigenvalue weighted by molar-refractivity contribution is 0.527. The molecule has 1 nitrogen and oxygen atoms in total. The Balaban J connectivity index is 1.74. The van der Waals surface area contributed by atoms with Crippen LogP contribution in [0.3, 0.4) is 0 Å². The van der Waals surface area contributed by atoms with Gasteiger partial charge >= 0.3 is 0 Å². The molecule has 2 aromatic rings. The zero-order chi connectivity index (χ0) is 11.7. The van der Waals surface area contributed by atoms with Crippen LogP contribution in [0, 0.1) is 0 Å². The van der Waals surface area contributed by atoms with E-state index in [-0.39, 0.29) is 0 Å². The van der Waals surface area contributed by atoms with E-state index in [1.807, 2.05) is 11.3 Å². The quantitative estimate of drug-likeness (QED) is 0.867. The Morgan fingerprint density at radius 2 is 2.12 bits per heavy atom. The molecule has 3 rings (SSSR count). The van der Waals surface area contributed by atoms with Crippen molar-refractivity contribution in [3.8, 4) is 0 Å². The molecular weight excluding hydrogens is 294 g/mol. The van der Waals surface area contributed by atoms with Gasteiger partial charge in [-0.1, -0.05) is 34.8 Å². The van der Waals surface area contributed by atoms with Crippen LogP contribution in [0.2, 0.25) is 0 Å². The molecule has 1 heterocycles. The molecule has 0 amide bonds. The van der Waals surface area contributed by atoms with Gasteiger partial charge in [-0.2, -0.15) is 0 Å². The Kier molecular flexibility index (Phi) is 3.50. The molecule has 1 aromatic carbocycles. The highest BCUT2D eigenvalue weighted by atomic mass is 79.9. The smallest absolute Gasteiger partial charge is 0.0357 e. The fourth-order valence-electron chi connectivity index (χ4n) is 2.54. The van der Waals surface area contributed by atoms with Gasteiger partial charge in [0.25, 0.3) is 0 Å². The summed E-state index contributed by atoms with van der Waals surface area (Å²) >= 11 is 5.52. The first-order valence-corrected chi connectivity index (χ1v) is 7.84. The maximum atomic E-state index is 3.67. The van der Waals surface area contributed by atoms with Crippen LogP contribution in [0.4, 0.5) is 0 Å². The molecule has 1 aliphatic carbocycles. The van der Waals surface area contributed by atoms with E-state index in [2.05, 4.69) is 45.5 Å². The maximum Gasteiger partial charge on any atom is 0.0357 e. The van der Waals surface area contributed by atoms with Crippen LogP contribution in [0.25, 0.3) is 10.1 Å². The second-order valence-corrected chi connectivity index (χ2v) is 6.75. The molecule has 0 unspecified atom stereocenters. The summed E-state index contributed by atoms with van der Waals surface area (Å²) in [4.78, 5) is 1.44. The summed E-state index contributed by atoms with van der Waals surface area (Å²) in [6.07, 6.45) is 5.51. The van der Waals surface area contributed by atoms with Gasteiger partial charge in [0.05, 0.1) is 0 Å². The molecule has 0 aliphatic heterocycles. The fourth-order valence-corrected chi connectivity index (χ4v) is 4.19. The van der Waals surface area contributed by atoms with Gasteiger partial charge in [-0.15, -0.1) is 11.3 Å². The number of rotatable bonds is 3. The van der Waals surface area contributed by atoms with Gasteiger partial charge in [-0.05, 0) is 31.0 Å². The predicted molar refractivity (Wildman–Crippen MR) is 78.6 cm³/mol. The molecule has 90 valence electrons. The van der Waals surface area contributed by atoms with Crippen LogP contribution in [-0.2, 0) is 6.54 Å². The Labute approximate surface area is 114 Å². The van der Waals surface area contributed by atoms with E-state index in [0.717, 1.165) is 12.6 Å². The van der Waals surface area contributed by atoms with E-state index in [4.69, 9.17) is 0 Å². The van der Waals surface area contributed by atoms with Gasteiger partial charge in [-0.25, -0.2) is 0 Å². The Morgan fingerprint density at radius 3 is 2.88 bits per heavy atom. The van der Waals surface area contributed by atoms with Crippen molar-refractivity contribution in [2.45, 2.75) is 38.3 Å². The molecule has 3 heteroatoms. The zero-order valence-electron chi connectivity index (χ0n) is 9.71. The molecule has 17 heavy (non-hydrogen) atoms. The third kappa shape index (κ3) is 2.56. The van der Waals surface area contributed by atoms with Crippen molar-refractivity contribution >= 4 is 37.4 Å². The number of nitrogens with one attached hydrogen (secondary N) is 1. The van der Waals surface area contributed by atoms with Crippen LogP contribution < -0.4 is 5.32 Å². The third-order valence-corrected chi connectivity index (χ3v) is 5.27. The highest BCUT2D eigenvalue weighted by molar-refractivity contribution is 9.10. The first-order valence-electron chi connectivity index (χ1n) is 6.23. The average molecular weight is 310 g/mol. The number of fused-ring (bicyclic) bond motifs is 1. The molecule has 0 radical (unpaired) electrons. The molecular formula is C14H16BrNS. The molecule has 0 atom stereocenters. The second kappa shape index (κ2) is 5.09. The Bertz CT molecular complexity index is 514. The normalized spacial score (nSPS) is 17.0. The lowest BCUT2D eigenvalue weighted by Gasteiger charge is -2.09. The minimum atomic E-state index is 0.753. The van der Waals surface area contributed by atoms with E-state index in [9.17, 15) is 0 Å². The van der Waals surface area contributed by atoms with Crippen LogP contribution in [0.5, 0.6) is 0 Å². The summed E-state index contributed by atoms with van der Waals surface area (Å²) in [6.45, 7) is 1.02. The summed E-state index contributed by atoms with van der Waals surface area (Å²) in [6, 6.07) is 9.49. The van der Waals surface area contributed by atoms with E-state index >= 15 is 0 Å². The van der Waals surface area contributed by atoms with Crippen molar-refractivity contribution in [1.82, 2.24) is 5.32 Å². The first kappa shape index (κ1) is 11.7. The molecule has 0 spiro atoms. The van der Waals surface area contributed by atoms with Crippen molar-refractivity contribution in [1.29, 1.82) is 0 Å². The van der Waals surface area contributed by atoms with Crippen molar-refractivity contribution in [3.05, 3.63) is 33.6 Å². The van der Waals surface area contributed by atoms with Crippen LogP contribution in [0.1, 0.15) is 30.6 Å². The molecule has 1 aliphatic rings. The summed E-state index contributed by atoms with van der Waals surface area (Å²) in [5, 5.41) is 5.02. The Hall–Kier alpha value is -0.380. The molecule has 1 fully saturated rings. The number of halogens is 1. The summed E-state index contributed by atoms with van der Waals surface area (Å²) in [5.41, 5.74) is 0. The van der Waals surface area contributed by atoms with Crippen LogP contribution in [0.15, 0.2) is 28.7 Å². The average Bonchev–Trinajstić information content (AvgIpc) is 2.95. The van der Waals surface area contributed by atoms with Crippen molar-refractivity contribution in [2.75, 3.05) is 0 Å². The van der Waals surface area contributed by atoms with Crippen molar-refractivity contribution in [3.63, 3.8) is 0 Å². The van der Waals surface area contributed by atoms with Gasteiger partial charge in [0, 0.05) is 32.0 Å². The van der Waals surface area contributed by atoms with Crippen LogP contribution >= 0.6 is 27.3 Å². The van der Waals surface area contributed by atoms with Gasteiger partial charge < -0.3 is 5.32 Å². The topological polar surface area (TPSA) is 12.0 Å². The van der Waals surface area contributed by atoms with Gasteiger partial charge in [0.1, 0.15) is 0 Å². The van der Waals surface area contributed by atoms with E-state index in [0.29, 0.717) is 0 Å². The highest BCUT2D eigenvalue weighted by Crippen LogP contribution is 2.31. The second-order valence-electron chi connectivity index (χ2n) is 4.73. The zero-order valence-corrected chi connectivity index (χ0v) is 12.1. The first-order chi connectivity index (χ1) is 8.33. The lowest BCUT2D eigenvalue weighted by Crippen LogP contribution is -2.24. The van der Waals surface area contributed by atoms with E-state index < -0.39 is 0 Å². The lowest BCUT2D eigenvalue weighted by atomic mass is 10.2. The number of thiophene rings is 1. The van der Waals surface area contributed by atoms with Gasteiger partial charge in [0.15, 0.2) is 0 Å². The monoisotopic (exact) mass is 309 g/mol. The van der Waals surface area contributed by atoms with Gasteiger partial charge in [-0.3, -0.25) is 0 Å². The summed E-state index contributed by atoms with van der Waals surface area (Å²) in [7, 11) is 0. The molecule has 1 aromatic heterocycles. The van der Waals surface area contributed by atoms with Gasteiger partial charge in [0.2, 0.25) is 0 Å². The Morgan fingerprint density at radius 1 is 1.29 bits per heavy atom. The van der Waals surface area contributed by atoms with E-state index in [1.165, 1.54) is 45.1 Å². The molecule has 1 saturated carbocycles. The largest absolute Gasteiger partial charge is 0.309 e.